The molecule has 9 heteroatoms. The molecule has 0 bridgehead atoms. The van der Waals surface area contributed by atoms with Crippen LogP contribution >= 0.6 is 11.3 Å². The number of carbonyl (C=O) groups is 1. The number of rotatable bonds is 5. The van der Waals surface area contributed by atoms with Crippen LogP contribution < -0.4 is 4.90 Å². The van der Waals surface area contributed by atoms with E-state index in [1.54, 1.807) is 6.92 Å². The molecule has 24 heavy (non-hydrogen) atoms. The highest BCUT2D eigenvalue weighted by Gasteiger charge is 2.16. The van der Waals surface area contributed by atoms with Crippen molar-refractivity contribution in [3.8, 4) is 0 Å². The summed E-state index contributed by atoms with van der Waals surface area (Å²) in [7, 11) is 3.90. The Kier molecular flexibility index (Phi) is 4.52. The summed E-state index contributed by atoms with van der Waals surface area (Å²) >= 11 is 1.34. The van der Waals surface area contributed by atoms with Gasteiger partial charge in [-0.3, -0.25) is 0 Å². The fourth-order valence-electron chi connectivity index (χ4n) is 2.22. The number of H-pyrrole nitrogens is 1. The van der Waals surface area contributed by atoms with E-state index in [2.05, 4.69) is 25.6 Å². The van der Waals surface area contributed by atoms with Gasteiger partial charge in [0.2, 0.25) is 5.82 Å². The number of nitrogens with one attached hydrogen (secondary N) is 1. The molecule has 0 aliphatic carbocycles. The third-order valence-corrected chi connectivity index (χ3v) is 4.40. The van der Waals surface area contributed by atoms with Crippen LogP contribution in [0.2, 0.25) is 0 Å². The van der Waals surface area contributed by atoms with Gasteiger partial charge in [0.1, 0.15) is 10.6 Å². The van der Waals surface area contributed by atoms with Crippen molar-refractivity contribution in [1.29, 1.82) is 0 Å². The molecular weight excluding hydrogens is 328 g/mol. The number of ether oxygens (including phenoxy) is 1. The van der Waals surface area contributed by atoms with E-state index in [0.717, 1.165) is 15.8 Å². The molecule has 2 heterocycles. The van der Waals surface area contributed by atoms with E-state index in [0.29, 0.717) is 23.0 Å². The monoisotopic (exact) mass is 344 g/mol. The molecule has 0 amide bonds. The predicted molar refractivity (Wildman–Crippen MR) is 92.7 cm³/mol. The lowest BCUT2D eigenvalue weighted by Gasteiger charge is -2.14. The van der Waals surface area contributed by atoms with E-state index >= 15 is 0 Å². The minimum Gasteiger partial charge on any atom is -0.462 e. The van der Waals surface area contributed by atoms with E-state index in [9.17, 15) is 4.79 Å². The van der Waals surface area contributed by atoms with E-state index < -0.39 is 0 Å². The standard InChI is InChI=1S/C15H16N6O2S/c1-4-23-15(22)12-7-9-11(21(2)3)6-5-10(14(9)24-12)17-18-13-8-16-20-19-13/h5-8H,4H2,1-3H3,(H,16,19,20)/b18-17+. The van der Waals surface area contributed by atoms with Crippen molar-refractivity contribution >= 4 is 44.6 Å². The summed E-state index contributed by atoms with van der Waals surface area (Å²) in [5, 5.41) is 19.2. The minimum atomic E-state index is -0.331. The third-order valence-electron chi connectivity index (χ3n) is 3.26. The van der Waals surface area contributed by atoms with Gasteiger partial charge in [-0.2, -0.15) is 10.3 Å². The molecular formula is C15H16N6O2S. The second-order valence-corrected chi connectivity index (χ2v) is 6.15. The second-order valence-electron chi connectivity index (χ2n) is 5.10. The fraction of sp³-hybridized carbons (Fsp3) is 0.267. The number of nitrogens with zero attached hydrogens (tertiary/aromatic N) is 5. The number of benzene rings is 1. The molecule has 8 nitrogen and oxygen atoms in total. The van der Waals surface area contributed by atoms with Crippen molar-refractivity contribution < 1.29 is 9.53 Å². The normalized spacial score (nSPS) is 11.3. The lowest BCUT2D eigenvalue weighted by Crippen LogP contribution is -2.08. The number of anilines is 1. The molecule has 0 radical (unpaired) electrons. The highest BCUT2D eigenvalue weighted by Crippen LogP contribution is 2.40. The first-order valence-corrected chi connectivity index (χ1v) is 8.10. The summed E-state index contributed by atoms with van der Waals surface area (Å²) < 4.78 is 5.97. The Morgan fingerprint density at radius 1 is 1.38 bits per heavy atom. The minimum absolute atomic E-state index is 0.331. The van der Waals surface area contributed by atoms with Gasteiger partial charge in [-0.05, 0) is 25.1 Å². The van der Waals surface area contributed by atoms with Crippen LogP contribution in [0.25, 0.3) is 10.1 Å². The first-order chi connectivity index (χ1) is 11.6. The number of esters is 1. The Labute approximate surface area is 142 Å². The van der Waals surface area contributed by atoms with Crippen molar-refractivity contribution in [3.63, 3.8) is 0 Å². The van der Waals surface area contributed by atoms with Gasteiger partial charge in [-0.1, -0.05) is 0 Å². The zero-order valence-electron chi connectivity index (χ0n) is 13.5. The Balaban J connectivity index is 2.09. The fourth-order valence-corrected chi connectivity index (χ4v) is 3.24. The zero-order chi connectivity index (χ0) is 17.1. The second kappa shape index (κ2) is 6.75. The molecule has 0 atom stereocenters. The van der Waals surface area contributed by atoms with Gasteiger partial charge >= 0.3 is 5.97 Å². The molecule has 1 aromatic carbocycles. The number of hydrogen-bond acceptors (Lipinski definition) is 8. The van der Waals surface area contributed by atoms with Gasteiger partial charge in [-0.25, -0.2) is 4.79 Å². The summed E-state index contributed by atoms with van der Waals surface area (Å²) in [6.07, 6.45) is 1.48. The molecule has 0 fully saturated rings. The summed E-state index contributed by atoms with van der Waals surface area (Å²) in [5.74, 6) is 0.0600. The number of thiophene rings is 1. The summed E-state index contributed by atoms with van der Waals surface area (Å²) in [6, 6.07) is 5.65. The highest BCUT2D eigenvalue weighted by atomic mass is 32.1. The van der Waals surface area contributed by atoms with Crippen LogP contribution in [0.1, 0.15) is 16.6 Å². The molecule has 0 unspecified atom stereocenters. The average Bonchev–Trinajstić information content (AvgIpc) is 3.22. The van der Waals surface area contributed by atoms with Gasteiger partial charge in [0, 0.05) is 25.2 Å². The highest BCUT2D eigenvalue weighted by molar-refractivity contribution is 7.21. The maximum absolute atomic E-state index is 12.0. The number of aromatic nitrogens is 3. The van der Waals surface area contributed by atoms with Gasteiger partial charge in [0.05, 0.1) is 17.5 Å². The molecule has 0 saturated heterocycles. The third kappa shape index (κ3) is 3.11. The van der Waals surface area contributed by atoms with Crippen molar-refractivity contribution in [2.24, 2.45) is 10.2 Å². The van der Waals surface area contributed by atoms with Gasteiger partial charge in [-0.15, -0.1) is 26.7 Å². The Hall–Kier alpha value is -2.81. The molecule has 0 aliphatic rings. The first-order valence-electron chi connectivity index (χ1n) is 7.28. The Bertz CT molecular complexity index is 885. The lowest BCUT2D eigenvalue weighted by atomic mass is 10.2. The van der Waals surface area contributed by atoms with Crippen LogP contribution in [0.4, 0.5) is 17.2 Å². The summed E-state index contributed by atoms with van der Waals surface area (Å²) in [6.45, 7) is 2.13. The maximum Gasteiger partial charge on any atom is 0.348 e. The molecule has 3 aromatic rings. The molecule has 1 N–H and O–H groups in total. The largest absolute Gasteiger partial charge is 0.462 e. The smallest absolute Gasteiger partial charge is 0.348 e. The van der Waals surface area contributed by atoms with Gasteiger partial charge in [0.25, 0.3) is 0 Å². The van der Waals surface area contributed by atoms with E-state index in [-0.39, 0.29) is 5.97 Å². The van der Waals surface area contributed by atoms with Crippen molar-refractivity contribution in [1.82, 2.24) is 15.4 Å². The topological polar surface area (TPSA) is 95.8 Å². The van der Waals surface area contributed by atoms with Gasteiger partial charge in [0.15, 0.2) is 0 Å². The number of fused-ring (bicyclic) bond motifs is 1. The molecule has 0 saturated carbocycles. The molecule has 3 rings (SSSR count). The number of azo groups is 1. The molecule has 124 valence electrons. The van der Waals surface area contributed by atoms with E-state index in [4.69, 9.17) is 4.74 Å². The van der Waals surface area contributed by atoms with Crippen molar-refractivity contribution in [3.05, 3.63) is 29.3 Å². The quantitative estimate of drug-likeness (QED) is 0.562. The lowest BCUT2D eigenvalue weighted by molar-refractivity contribution is 0.0532. The van der Waals surface area contributed by atoms with Crippen LogP contribution in [-0.4, -0.2) is 42.1 Å². The van der Waals surface area contributed by atoms with Crippen LogP contribution in [0, 0.1) is 0 Å². The molecule has 0 spiro atoms. The number of hydrogen-bond donors (Lipinski definition) is 1. The van der Waals surface area contributed by atoms with E-state index in [1.165, 1.54) is 17.5 Å². The predicted octanol–water partition coefficient (Wildman–Crippen LogP) is 3.68. The molecule has 2 aromatic heterocycles. The Morgan fingerprint density at radius 2 is 2.21 bits per heavy atom. The summed E-state index contributed by atoms with van der Waals surface area (Å²) in [4.78, 5) is 14.6. The van der Waals surface area contributed by atoms with E-state index in [1.807, 2.05) is 37.2 Å². The number of carbonyl (C=O) groups excluding carboxylic acids is 1. The maximum atomic E-state index is 12.0. The molecule has 0 aliphatic heterocycles. The number of aromatic amines is 1. The average molecular weight is 344 g/mol. The first kappa shape index (κ1) is 16.1. The summed E-state index contributed by atoms with van der Waals surface area (Å²) in [5.41, 5.74) is 1.66. The van der Waals surface area contributed by atoms with Crippen molar-refractivity contribution in [2.45, 2.75) is 6.92 Å². The van der Waals surface area contributed by atoms with Crippen LogP contribution in [-0.2, 0) is 4.74 Å². The van der Waals surface area contributed by atoms with Crippen LogP contribution in [0.15, 0.2) is 34.6 Å². The zero-order valence-corrected chi connectivity index (χ0v) is 14.3. The van der Waals surface area contributed by atoms with Gasteiger partial charge < -0.3 is 9.64 Å². The van der Waals surface area contributed by atoms with Crippen LogP contribution in [0.3, 0.4) is 0 Å². The Morgan fingerprint density at radius 3 is 2.88 bits per heavy atom. The van der Waals surface area contributed by atoms with Crippen molar-refractivity contribution in [2.75, 3.05) is 25.6 Å². The van der Waals surface area contributed by atoms with Crippen LogP contribution in [0.5, 0.6) is 0 Å². The SMILES string of the molecule is CCOC(=O)c1cc2c(N(C)C)ccc(/N=N/c3cn[nH]n3)c2s1.